The Balaban J connectivity index is 2.03. The van der Waals surface area contributed by atoms with E-state index in [1.807, 2.05) is 31.7 Å². The molecule has 1 fully saturated rings. The number of Topliss-reactive ketones (excluding diaryl/α,β-unsaturated/α-hetero) is 1. The van der Waals surface area contributed by atoms with Crippen molar-refractivity contribution < 1.29 is 29.0 Å². The van der Waals surface area contributed by atoms with Gasteiger partial charge in [-0.25, -0.2) is 0 Å². The SMILES string of the molecule is CO[C@H]1C[C@H](C)CC2=C(N3CCC3)C(=O)C=C(NC(=O)/C(C)=C/C=C\[C@H](OC)/C=C(\C)[C@@H](S)[C@H](C)[C@H]1O)C2=O. The number of likely N-dealkylation sites (tertiary alicyclic amines) is 1. The van der Waals surface area contributed by atoms with Crippen LogP contribution in [0.3, 0.4) is 0 Å². The molecule has 0 aromatic heterocycles. The topological polar surface area (TPSA) is 105 Å². The van der Waals surface area contributed by atoms with E-state index in [0.717, 1.165) is 12.0 Å². The number of aliphatic hydroxyl groups excluding tert-OH is 1. The van der Waals surface area contributed by atoms with Gasteiger partial charge in [0.2, 0.25) is 11.6 Å². The van der Waals surface area contributed by atoms with Crippen LogP contribution < -0.4 is 5.32 Å². The fourth-order valence-corrected chi connectivity index (χ4v) is 5.42. The number of aliphatic hydroxyl groups is 1. The van der Waals surface area contributed by atoms with Crippen LogP contribution in [0.5, 0.6) is 0 Å². The molecule has 2 N–H and O–H groups in total. The molecule has 3 rings (SSSR count). The fourth-order valence-electron chi connectivity index (χ4n) is 5.16. The van der Waals surface area contributed by atoms with Crippen LogP contribution in [-0.2, 0) is 23.9 Å². The van der Waals surface area contributed by atoms with Gasteiger partial charge in [-0.05, 0) is 44.9 Å². The molecule has 3 aliphatic rings. The molecule has 1 amide bonds. The van der Waals surface area contributed by atoms with Crippen molar-refractivity contribution >= 4 is 30.1 Å². The first-order valence-electron chi connectivity index (χ1n) is 13.5. The second-order valence-electron chi connectivity index (χ2n) is 10.8. The van der Waals surface area contributed by atoms with Gasteiger partial charge in [-0.3, -0.25) is 14.4 Å². The minimum absolute atomic E-state index is 0.0192. The van der Waals surface area contributed by atoms with Crippen LogP contribution in [0.1, 0.15) is 47.0 Å². The lowest BCUT2D eigenvalue weighted by atomic mass is 9.83. The molecule has 2 bridgehead atoms. The Morgan fingerprint density at radius 1 is 1.10 bits per heavy atom. The largest absolute Gasteiger partial charge is 0.390 e. The van der Waals surface area contributed by atoms with Crippen LogP contribution in [0.15, 0.2) is 58.5 Å². The number of amides is 1. The van der Waals surface area contributed by atoms with E-state index in [9.17, 15) is 19.5 Å². The number of carbonyl (C=O) groups excluding carboxylic acids is 3. The van der Waals surface area contributed by atoms with Crippen molar-refractivity contribution in [1.29, 1.82) is 0 Å². The predicted octanol–water partition coefficient (Wildman–Crippen LogP) is 3.30. The van der Waals surface area contributed by atoms with Gasteiger partial charge in [-0.1, -0.05) is 43.7 Å². The molecule has 2 aliphatic heterocycles. The zero-order chi connectivity index (χ0) is 28.9. The lowest BCUT2D eigenvalue weighted by Gasteiger charge is -2.37. The average Bonchev–Trinajstić information content (AvgIpc) is 2.88. The third-order valence-electron chi connectivity index (χ3n) is 7.81. The number of ketones is 2. The molecule has 39 heavy (non-hydrogen) atoms. The lowest BCUT2D eigenvalue weighted by molar-refractivity contribution is -0.120. The van der Waals surface area contributed by atoms with Crippen molar-refractivity contribution in [3.05, 3.63) is 58.5 Å². The van der Waals surface area contributed by atoms with Crippen molar-refractivity contribution in [2.75, 3.05) is 27.3 Å². The summed E-state index contributed by atoms with van der Waals surface area (Å²) in [5.74, 6) is -1.42. The standard InChI is InChI=1S/C30H42N2O6S/c1-17-13-22-26(32-11-8-12-32)24(33)16-23(28(22)35)31-30(36)18(2)9-7-10-21(37-5)15-19(3)29(39)20(4)27(34)25(14-17)38-6/h7,9-10,15-17,20-21,25,27,29,34,39H,8,11-14H2,1-6H3,(H,31,36)/b10-7-,18-9+,19-15+/t17-,20-,21+,25+,27-,29-/m1/s1. The van der Waals surface area contributed by atoms with Crippen molar-refractivity contribution in [2.45, 2.75) is 70.5 Å². The highest BCUT2D eigenvalue weighted by atomic mass is 32.1. The van der Waals surface area contributed by atoms with Gasteiger partial charge < -0.3 is 24.8 Å². The van der Waals surface area contributed by atoms with Crippen LogP contribution >= 0.6 is 12.6 Å². The van der Waals surface area contributed by atoms with Crippen molar-refractivity contribution in [1.82, 2.24) is 10.2 Å². The Morgan fingerprint density at radius 2 is 1.79 bits per heavy atom. The number of nitrogens with zero attached hydrogens (tertiary/aromatic N) is 1. The number of thiol groups is 1. The number of hydrogen-bond donors (Lipinski definition) is 3. The lowest BCUT2D eigenvalue weighted by Crippen LogP contribution is -2.43. The summed E-state index contributed by atoms with van der Waals surface area (Å²) in [6, 6.07) is 0. The van der Waals surface area contributed by atoms with Crippen molar-refractivity contribution in [3.63, 3.8) is 0 Å². The highest BCUT2D eigenvalue weighted by molar-refractivity contribution is 7.81. The van der Waals surface area contributed by atoms with Crippen LogP contribution in [0, 0.1) is 11.8 Å². The molecule has 6 atom stereocenters. The third kappa shape index (κ3) is 7.39. The molecule has 8 nitrogen and oxygen atoms in total. The molecular formula is C30H42N2O6S. The summed E-state index contributed by atoms with van der Waals surface area (Å²) in [5, 5.41) is 13.7. The Labute approximate surface area is 237 Å². The maximum Gasteiger partial charge on any atom is 0.251 e. The molecule has 0 unspecified atom stereocenters. The molecule has 9 heteroatoms. The third-order valence-corrected chi connectivity index (χ3v) is 8.69. The van der Waals surface area contributed by atoms with E-state index < -0.39 is 18.1 Å². The monoisotopic (exact) mass is 558 g/mol. The Hall–Kier alpha value is -2.46. The van der Waals surface area contributed by atoms with Gasteiger partial charge in [-0.2, -0.15) is 12.6 Å². The van der Waals surface area contributed by atoms with E-state index in [4.69, 9.17) is 22.1 Å². The van der Waals surface area contributed by atoms with Crippen LogP contribution in [0.25, 0.3) is 0 Å². The van der Waals surface area contributed by atoms with E-state index in [1.54, 1.807) is 39.4 Å². The van der Waals surface area contributed by atoms with Gasteiger partial charge in [0.1, 0.15) is 0 Å². The van der Waals surface area contributed by atoms with E-state index in [2.05, 4.69) is 5.32 Å². The van der Waals surface area contributed by atoms with Crippen LogP contribution in [0.2, 0.25) is 0 Å². The van der Waals surface area contributed by atoms with Crippen molar-refractivity contribution in [3.8, 4) is 0 Å². The Kier molecular flexibility index (Phi) is 11.0. The molecule has 0 saturated carbocycles. The Morgan fingerprint density at radius 3 is 2.38 bits per heavy atom. The first-order valence-corrected chi connectivity index (χ1v) is 14.0. The molecule has 0 aromatic rings. The molecule has 0 aromatic carbocycles. The minimum atomic E-state index is -0.810. The first-order chi connectivity index (χ1) is 18.5. The summed E-state index contributed by atoms with van der Waals surface area (Å²) in [6.07, 6.45) is 8.38. The molecule has 2 heterocycles. The number of fused-ring (bicyclic) bond motifs is 2. The highest BCUT2D eigenvalue weighted by Crippen LogP contribution is 2.33. The number of rotatable bonds is 3. The summed E-state index contributed by atoms with van der Waals surface area (Å²) in [5.41, 5.74) is 2.11. The van der Waals surface area contributed by atoms with E-state index in [0.29, 0.717) is 42.8 Å². The molecule has 0 spiro atoms. The second kappa shape index (κ2) is 13.7. The number of carbonyl (C=O) groups is 3. The average molecular weight is 559 g/mol. The van der Waals surface area contributed by atoms with Crippen molar-refractivity contribution in [2.24, 2.45) is 11.8 Å². The summed E-state index contributed by atoms with van der Waals surface area (Å²) >= 11 is 4.80. The second-order valence-corrected chi connectivity index (χ2v) is 11.4. The van der Waals surface area contributed by atoms with Crippen LogP contribution in [0.4, 0.5) is 0 Å². The molecule has 214 valence electrons. The maximum atomic E-state index is 13.6. The van der Waals surface area contributed by atoms with Gasteiger partial charge >= 0.3 is 0 Å². The maximum absolute atomic E-state index is 13.6. The summed E-state index contributed by atoms with van der Waals surface area (Å²) in [7, 11) is 3.15. The molecule has 1 saturated heterocycles. The minimum Gasteiger partial charge on any atom is -0.390 e. The summed E-state index contributed by atoms with van der Waals surface area (Å²) in [4.78, 5) is 41.7. The van der Waals surface area contributed by atoms with E-state index >= 15 is 0 Å². The highest BCUT2D eigenvalue weighted by Gasteiger charge is 2.36. The molecular weight excluding hydrogens is 516 g/mol. The summed E-state index contributed by atoms with van der Waals surface area (Å²) < 4.78 is 11.3. The van der Waals surface area contributed by atoms with E-state index in [-0.39, 0.29) is 40.5 Å². The molecule has 1 aliphatic carbocycles. The zero-order valence-corrected chi connectivity index (χ0v) is 24.7. The zero-order valence-electron chi connectivity index (χ0n) is 23.8. The predicted molar refractivity (Wildman–Crippen MR) is 154 cm³/mol. The Bertz CT molecular complexity index is 1120. The van der Waals surface area contributed by atoms with Gasteiger partial charge in [0.25, 0.3) is 5.91 Å². The molecule has 0 radical (unpaired) electrons. The number of hydrogen-bond acceptors (Lipinski definition) is 8. The quantitative estimate of drug-likeness (QED) is 0.277. The van der Waals surface area contributed by atoms with Gasteiger partial charge in [0.05, 0.1) is 29.7 Å². The van der Waals surface area contributed by atoms with Gasteiger partial charge in [0.15, 0.2) is 0 Å². The first kappa shape index (κ1) is 31.1. The van der Waals surface area contributed by atoms with Crippen LogP contribution in [-0.4, -0.2) is 78.4 Å². The number of nitrogens with one attached hydrogen (secondary N) is 1. The van der Waals surface area contributed by atoms with Gasteiger partial charge in [0, 0.05) is 49.8 Å². The van der Waals surface area contributed by atoms with E-state index in [1.165, 1.54) is 6.08 Å². The fraction of sp³-hybridized carbons (Fsp3) is 0.567. The number of ether oxygens (including phenoxy) is 2. The number of allylic oxidation sites excluding steroid dienone is 4. The smallest absolute Gasteiger partial charge is 0.251 e. The summed E-state index contributed by atoms with van der Waals surface area (Å²) in [6.45, 7) is 8.93. The van der Waals surface area contributed by atoms with Gasteiger partial charge in [-0.15, -0.1) is 0 Å². The number of methoxy groups -OCH3 is 2. The normalized spacial score (nSPS) is 35.3.